The average Bonchev–Trinajstić information content (AvgIpc) is 2.92. The van der Waals surface area contributed by atoms with Crippen molar-refractivity contribution in [3.8, 4) is 0 Å². The highest BCUT2D eigenvalue weighted by molar-refractivity contribution is 6.02. The van der Waals surface area contributed by atoms with Crippen molar-refractivity contribution in [3.63, 3.8) is 0 Å². The van der Waals surface area contributed by atoms with Crippen LogP contribution >= 0.6 is 0 Å². The van der Waals surface area contributed by atoms with E-state index in [2.05, 4.69) is 10.1 Å². The number of aryl methyl sites for hydroxylation is 1. The van der Waals surface area contributed by atoms with Gasteiger partial charge in [0.05, 0.1) is 12.8 Å². The standard InChI is InChI=1S/C16H15N3O2/c1-19-11-12(10-18-19)7-9-21-16(20)15-14-5-3-2-4-13(14)6-8-17-15/h2-6,8,10-11H,7,9H2,1H3. The van der Waals surface area contributed by atoms with Crippen LogP contribution in [0.15, 0.2) is 48.9 Å². The molecule has 0 amide bonds. The van der Waals surface area contributed by atoms with Crippen molar-refractivity contribution in [2.75, 3.05) is 6.61 Å². The van der Waals surface area contributed by atoms with Crippen LogP contribution < -0.4 is 0 Å². The Hall–Kier alpha value is -2.69. The molecule has 106 valence electrons. The van der Waals surface area contributed by atoms with Gasteiger partial charge in [-0.25, -0.2) is 9.78 Å². The Morgan fingerprint density at radius 1 is 1.29 bits per heavy atom. The topological polar surface area (TPSA) is 57.0 Å². The molecule has 0 saturated carbocycles. The molecule has 0 aliphatic rings. The van der Waals surface area contributed by atoms with Gasteiger partial charge >= 0.3 is 5.97 Å². The number of pyridine rings is 1. The van der Waals surface area contributed by atoms with Crippen LogP contribution in [0.2, 0.25) is 0 Å². The predicted molar refractivity (Wildman–Crippen MR) is 78.9 cm³/mol. The fourth-order valence-corrected chi connectivity index (χ4v) is 2.21. The first-order valence-corrected chi connectivity index (χ1v) is 6.72. The van der Waals surface area contributed by atoms with Crippen LogP contribution in [0.1, 0.15) is 16.1 Å². The van der Waals surface area contributed by atoms with Crippen molar-refractivity contribution >= 4 is 16.7 Å². The van der Waals surface area contributed by atoms with Crippen LogP contribution in [0.3, 0.4) is 0 Å². The van der Waals surface area contributed by atoms with Gasteiger partial charge in [-0.05, 0) is 17.0 Å². The van der Waals surface area contributed by atoms with E-state index in [1.807, 2.05) is 43.6 Å². The summed E-state index contributed by atoms with van der Waals surface area (Å²) >= 11 is 0. The Morgan fingerprint density at radius 2 is 2.14 bits per heavy atom. The molecule has 5 nitrogen and oxygen atoms in total. The van der Waals surface area contributed by atoms with E-state index in [0.717, 1.165) is 16.3 Å². The van der Waals surface area contributed by atoms with Gasteiger partial charge in [-0.3, -0.25) is 4.68 Å². The number of ether oxygens (including phenoxy) is 1. The number of nitrogens with zero attached hydrogens (tertiary/aromatic N) is 3. The minimum absolute atomic E-state index is 0.315. The van der Waals surface area contributed by atoms with Crippen molar-refractivity contribution in [1.82, 2.24) is 14.8 Å². The zero-order chi connectivity index (χ0) is 14.7. The van der Waals surface area contributed by atoms with Gasteiger partial charge in [0.1, 0.15) is 0 Å². The molecule has 0 aliphatic carbocycles. The Labute approximate surface area is 122 Å². The Bertz CT molecular complexity index is 775. The zero-order valence-electron chi connectivity index (χ0n) is 11.7. The Kier molecular flexibility index (Phi) is 3.64. The van der Waals surface area contributed by atoms with E-state index in [1.54, 1.807) is 17.1 Å². The minimum atomic E-state index is -0.393. The molecule has 0 fully saturated rings. The molecule has 5 heteroatoms. The lowest BCUT2D eigenvalue weighted by Gasteiger charge is -2.06. The van der Waals surface area contributed by atoms with E-state index < -0.39 is 5.97 Å². The average molecular weight is 281 g/mol. The maximum absolute atomic E-state index is 12.1. The molecular weight excluding hydrogens is 266 g/mol. The van der Waals surface area contributed by atoms with Gasteiger partial charge < -0.3 is 4.74 Å². The molecule has 2 aromatic heterocycles. The fourth-order valence-electron chi connectivity index (χ4n) is 2.21. The summed E-state index contributed by atoms with van der Waals surface area (Å²) < 4.78 is 7.04. The van der Waals surface area contributed by atoms with Crippen molar-refractivity contribution in [1.29, 1.82) is 0 Å². The van der Waals surface area contributed by atoms with Crippen LogP contribution in [-0.4, -0.2) is 27.3 Å². The maximum Gasteiger partial charge on any atom is 0.357 e. The summed E-state index contributed by atoms with van der Waals surface area (Å²) in [5.41, 5.74) is 1.40. The van der Waals surface area contributed by atoms with Gasteiger partial charge in [-0.1, -0.05) is 24.3 Å². The number of hydrogen-bond acceptors (Lipinski definition) is 4. The van der Waals surface area contributed by atoms with Crippen LogP contribution in [0.5, 0.6) is 0 Å². The second-order valence-corrected chi connectivity index (χ2v) is 4.79. The summed E-state index contributed by atoms with van der Waals surface area (Å²) in [6.45, 7) is 0.315. The molecule has 0 atom stereocenters. The lowest BCUT2D eigenvalue weighted by atomic mass is 10.1. The van der Waals surface area contributed by atoms with Crippen LogP contribution in [0, 0.1) is 0 Å². The van der Waals surface area contributed by atoms with E-state index in [-0.39, 0.29) is 0 Å². The first kappa shape index (κ1) is 13.3. The highest BCUT2D eigenvalue weighted by atomic mass is 16.5. The lowest BCUT2D eigenvalue weighted by Crippen LogP contribution is -2.10. The third kappa shape index (κ3) is 2.91. The second-order valence-electron chi connectivity index (χ2n) is 4.79. The fraction of sp³-hybridized carbons (Fsp3) is 0.188. The number of carbonyl (C=O) groups is 1. The molecule has 0 aliphatic heterocycles. The van der Waals surface area contributed by atoms with Gasteiger partial charge in [0.15, 0.2) is 5.69 Å². The minimum Gasteiger partial charge on any atom is -0.461 e. The number of benzene rings is 1. The van der Waals surface area contributed by atoms with Crippen LogP contribution in [0.25, 0.3) is 10.8 Å². The SMILES string of the molecule is Cn1cc(CCOC(=O)c2nccc3ccccc23)cn1. The summed E-state index contributed by atoms with van der Waals surface area (Å²) in [5, 5.41) is 5.87. The number of esters is 1. The monoisotopic (exact) mass is 281 g/mol. The van der Waals surface area contributed by atoms with Crippen molar-refractivity contribution in [2.24, 2.45) is 7.05 Å². The molecule has 3 aromatic rings. The summed E-state index contributed by atoms with van der Waals surface area (Å²) in [6.07, 6.45) is 5.94. The first-order valence-electron chi connectivity index (χ1n) is 6.72. The predicted octanol–water partition coefficient (Wildman–Crippen LogP) is 2.37. The van der Waals surface area contributed by atoms with E-state index in [9.17, 15) is 4.79 Å². The quantitative estimate of drug-likeness (QED) is 0.689. The smallest absolute Gasteiger partial charge is 0.357 e. The Morgan fingerprint density at radius 3 is 2.95 bits per heavy atom. The molecule has 0 radical (unpaired) electrons. The number of fused-ring (bicyclic) bond motifs is 1. The van der Waals surface area contributed by atoms with Gasteiger partial charge in [-0.15, -0.1) is 0 Å². The second kappa shape index (κ2) is 5.75. The molecule has 0 saturated heterocycles. The summed E-state index contributed by atoms with van der Waals surface area (Å²) in [6, 6.07) is 9.52. The van der Waals surface area contributed by atoms with Gasteiger partial charge in [0.25, 0.3) is 0 Å². The molecule has 0 unspecified atom stereocenters. The van der Waals surface area contributed by atoms with Crippen molar-refractivity contribution < 1.29 is 9.53 Å². The molecule has 1 aromatic carbocycles. The summed E-state index contributed by atoms with van der Waals surface area (Å²) in [4.78, 5) is 16.3. The summed E-state index contributed by atoms with van der Waals surface area (Å²) in [5.74, 6) is -0.393. The van der Waals surface area contributed by atoms with Crippen LogP contribution in [-0.2, 0) is 18.2 Å². The van der Waals surface area contributed by atoms with E-state index in [1.165, 1.54) is 0 Å². The van der Waals surface area contributed by atoms with E-state index >= 15 is 0 Å². The van der Waals surface area contributed by atoms with Crippen molar-refractivity contribution in [2.45, 2.75) is 6.42 Å². The number of carbonyl (C=O) groups excluding carboxylic acids is 1. The number of aromatic nitrogens is 3. The lowest BCUT2D eigenvalue weighted by molar-refractivity contribution is 0.0505. The maximum atomic E-state index is 12.1. The molecule has 21 heavy (non-hydrogen) atoms. The molecular formula is C16H15N3O2. The normalized spacial score (nSPS) is 10.7. The molecule has 3 rings (SSSR count). The van der Waals surface area contributed by atoms with Gasteiger partial charge in [-0.2, -0.15) is 5.10 Å². The van der Waals surface area contributed by atoms with Crippen molar-refractivity contribution in [3.05, 3.63) is 60.2 Å². The zero-order valence-corrected chi connectivity index (χ0v) is 11.7. The third-order valence-corrected chi connectivity index (χ3v) is 3.25. The summed E-state index contributed by atoms with van der Waals surface area (Å²) in [7, 11) is 1.86. The third-order valence-electron chi connectivity index (χ3n) is 3.25. The highest BCUT2D eigenvalue weighted by Gasteiger charge is 2.12. The van der Waals surface area contributed by atoms with Gasteiger partial charge in [0.2, 0.25) is 0 Å². The molecule has 0 spiro atoms. The van der Waals surface area contributed by atoms with Gasteiger partial charge in [0, 0.05) is 31.2 Å². The van der Waals surface area contributed by atoms with Crippen LogP contribution in [0.4, 0.5) is 0 Å². The first-order chi connectivity index (χ1) is 10.2. The molecule has 0 N–H and O–H groups in total. The van der Waals surface area contributed by atoms with E-state index in [0.29, 0.717) is 18.7 Å². The molecule has 0 bridgehead atoms. The molecule has 2 heterocycles. The Balaban J connectivity index is 1.69. The number of rotatable bonds is 4. The largest absolute Gasteiger partial charge is 0.461 e. The highest BCUT2D eigenvalue weighted by Crippen LogP contribution is 2.17. The number of hydrogen-bond donors (Lipinski definition) is 0. The van der Waals surface area contributed by atoms with E-state index in [4.69, 9.17) is 4.74 Å².